The van der Waals surface area contributed by atoms with Crippen LogP contribution in [0.3, 0.4) is 0 Å². The minimum absolute atomic E-state index is 0.0753. The molecule has 4 N–H and O–H groups in total. The molecule has 4 aliphatic carbocycles. The molecule has 4 nitrogen and oxygen atoms in total. The maximum atomic E-state index is 10.7. The van der Waals surface area contributed by atoms with Crippen molar-refractivity contribution in [2.24, 2.45) is 29.1 Å². The van der Waals surface area contributed by atoms with Crippen LogP contribution in [0.2, 0.25) is 0 Å². The lowest BCUT2D eigenvalue weighted by molar-refractivity contribution is -0.0572. The van der Waals surface area contributed by atoms with Crippen molar-refractivity contribution in [1.82, 2.24) is 0 Å². The molecule has 7 atom stereocenters. The van der Waals surface area contributed by atoms with E-state index in [1.807, 2.05) is 12.1 Å². The third-order valence-corrected chi connectivity index (χ3v) is 8.24. The summed E-state index contributed by atoms with van der Waals surface area (Å²) >= 11 is 0. The van der Waals surface area contributed by atoms with Crippen LogP contribution in [0.5, 0.6) is 5.75 Å². The highest BCUT2D eigenvalue weighted by molar-refractivity contribution is 5.50. The summed E-state index contributed by atoms with van der Waals surface area (Å²) in [5, 5.41) is 20.9. The van der Waals surface area contributed by atoms with E-state index >= 15 is 0 Å². The van der Waals surface area contributed by atoms with Crippen molar-refractivity contribution in [2.75, 3.05) is 6.61 Å². The lowest BCUT2D eigenvalue weighted by atomic mass is 9.48. The molecular formula is C21H29NO3. The van der Waals surface area contributed by atoms with E-state index in [9.17, 15) is 10.2 Å². The van der Waals surface area contributed by atoms with Crippen molar-refractivity contribution in [1.29, 1.82) is 0 Å². The first-order valence-electron chi connectivity index (χ1n) is 9.88. The number of rotatable bonds is 2. The standard InChI is InChI=1S/C21H29NO3/c1-21-9-12-3-2-11-6-14(23)8-15-13(10-25-22)7-16(20(12)19(11)15)17(21)4-5-18(21)24/h6,8,12-13,16-18,20,23-24H,2-5,7,9-10,22H2,1H3/t12?,13-,16-,17-,18?,20-,21-/m0/s1. The molecule has 2 unspecified atom stereocenters. The Morgan fingerprint density at radius 1 is 1.28 bits per heavy atom. The third-order valence-electron chi connectivity index (χ3n) is 8.24. The van der Waals surface area contributed by atoms with Gasteiger partial charge >= 0.3 is 0 Å². The van der Waals surface area contributed by atoms with Crippen molar-refractivity contribution in [3.05, 3.63) is 28.8 Å². The molecule has 4 heteroatoms. The molecule has 1 aromatic rings. The summed E-state index contributed by atoms with van der Waals surface area (Å²) in [4.78, 5) is 5.07. The molecule has 0 heterocycles. The van der Waals surface area contributed by atoms with Crippen molar-refractivity contribution in [3.8, 4) is 5.75 Å². The molecule has 0 radical (unpaired) electrons. The van der Waals surface area contributed by atoms with Gasteiger partial charge in [-0.25, -0.2) is 5.90 Å². The molecule has 1 aromatic carbocycles. The second kappa shape index (κ2) is 5.45. The Balaban J connectivity index is 1.66. The highest BCUT2D eigenvalue weighted by Crippen LogP contribution is 2.66. The van der Waals surface area contributed by atoms with Gasteiger partial charge < -0.3 is 15.1 Å². The average molecular weight is 343 g/mol. The summed E-state index contributed by atoms with van der Waals surface area (Å²) in [6.07, 6.45) is 6.39. The number of hydrogen-bond acceptors (Lipinski definition) is 4. The molecule has 2 saturated carbocycles. The van der Waals surface area contributed by atoms with Gasteiger partial charge in [-0.05, 0) is 96.4 Å². The van der Waals surface area contributed by atoms with Crippen LogP contribution >= 0.6 is 0 Å². The molecule has 2 fully saturated rings. The average Bonchev–Trinajstić information content (AvgIpc) is 2.88. The predicted molar refractivity (Wildman–Crippen MR) is 95.1 cm³/mol. The number of phenolic OH excluding ortho intramolecular Hbond substituents is 1. The number of aryl methyl sites for hydroxylation is 1. The van der Waals surface area contributed by atoms with Crippen LogP contribution in [-0.2, 0) is 11.3 Å². The van der Waals surface area contributed by atoms with E-state index in [0.29, 0.717) is 36.0 Å². The molecule has 5 rings (SSSR count). The fourth-order valence-corrected chi connectivity index (χ4v) is 7.31. The Kier molecular flexibility index (Phi) is 3.51. The Labute approximate surface area is 149 Å². The van der Waals surface area contributed by atoms with Crippen molar-refractivity contribution in [2.45, 2.75) is 63.4 Å². The first-order chi connectivity index (χ1) is 12.0. The molecule has 4 aliphatic rings. The van der Waals surface area contributed by atoms with E-state index in [4.69, 9.17) is 10.7 Å². The van der Waals surface area contributed by atoms with Gasteiger partial charge in [0.25, 0.3) is 0 Å². The van der Waals surface area contributed by atoms with E-state index in [1.165, 1.54) is 23.1 Å². The van der Waals surface area contributed by atoms with Crippen LogP contribution in [-0.4, -0.2) is 22.9 Å². The highest BCUT2D eigenvalue weighted by atomic mass is 16.6. The maximum Gasteiger partial charge on any atom is 0.116 e. The summed E-state index contributed by atoms with van der Waals surface area (Å²) in [5.41, 5.74) is 4.18. The fourth-order valence-electron chi connectivity index (χ4n) is 7.31. The zero-order valence-electron chi connectivity index (χ0n) is 14.9. The molecule has 0 aromatic heterocycles. The minimum Gasteiger partial charge on any atom is -0.508 e. The van der Waals surface area contributed by atoms with E-state index in [-0.39, 0.29) is 17.4 Å². The SMILES string of the molecule is C[C@]12CC3CCc4cc(O)cc5c4[C@@H]3[C@@H](C[C@H]5CON)[C@@H]1CCC2O. The fraction of sp³-hybridized carbons (Fsp3) is 0.714. The molecular weight excluding hydrogens is 314 g/mol. The molecule has 0 amide bonds. The Morgan fingerprint density at radius 2 is 2.12 bits per heavy atom. The van der Waals surface area contributed by atoms with Crippen molar-refractivity contribution >= 4 is 0 Å². The van der Waals surface area contributed by atoms with Gasteiger partial charge in [-0.3, -0.25) is 0 Å². The minimum atomic E-state index is -0.148. The van der Waals surface area contributed by atoms with Crippen molar-refractivity contribution < 1.29 is 15.1 Å². The van der Waals surface area contributed by atoms with E-state index < -0.39 is 0 Å². The van der Waals surface area contributed by atoms with E-state index in [0.717, 1.165) is 32.1 Å². The van der Waals surface area contributed by atoms with E-state index in [1.54, 1.807) is 0 Å². The number of aliphatic hydroxyl groups is 1. The summed E-state index contributed by atoms with van der Waals surface area (Å²) in [6.45, 7) is 2.84. The lowest BCUT2D eigenvalue weighted by Gasteiger charge is -2.57. The number of benzene rings is 1. The normalized spacial score (nSPS) is 44.3. The van der Waals surface area contributed by atoms with E-state index in [2.05, 4.69) is 6.92 Å². The van der Waals surface area contributed by atoms with Gasteiger partial charge in [-0.15, -0.1) is 0 Å². The molecule has 0 spiro atoms. The molecule has 25 heavy (non-hydrogen) atoms. The van der Waals surface area contributed by atoms with Crippen LogP contribution in [0.15, 0.2) is 12.1 Å². The number of phenols is 1. The van der Waals surface area contributed by atoms with Crippen molar-refractivity contribution in [3.63, 3.8) is 0 Å². The second-order valence-electron chi connectivity index (χ2n) is 9.27. The van der Waals surface area contributed by atoms with Gasteiger partial charge in [0.15, 0.2) is 0 Å². The van der Waals surface area contributed by atoms with Crippen LogP contribution in [0.25, 0.3) is 0 Å². The third kappa shape index (κ3) is 2.11. The quantitative estimate of drug-likeness (QED) is 0.721. The number of hydrogen-bond donors (Lipinski definition) is 3. The number of aromatic hydroxyl groups is 1. The van der Waals surface area contributed by atoms with Gasteiger partial charge in [0.1, 0.15) is 5.75 Å². The Bertz CT molecular complexity index is 705. The van der Waals surface area contributed by atoms with Gasteiger partial charge in [0.2, 0.25) is 0 Å². The first-order valence-corrected chi connectivity index (χ1v) is 9.88. The summed E-state index contributed by atoms with van der Waals surface area (Å²) < 4.78 is 0. The number of fused-ring (bicyclic) bond motifs is 2. The topological polar surface area (TPSA) is 75.7 Å². The van der Waals surface area contributed by atoms with Gasteiger partial charge in [0, 0.05) is 5.92 Å². The summed E-state index contributed by atoms with van der Waals surface area (Å²) in [6, 6.07) is 3.94. The monoisotopic (exact) mass is 343 g/mol. The zero-order valence-corrected chi connectivity index (χ0v) is 14.9. The molecule has 0 saturated heterocycles. The second-order valence-corrected chi connectivity index (χ2v) is 9.27. The van der Waals surface area contributed by atoms with Crippen LogP contribution < -0.4 is 5.90 Å². The lowest BCUT2D eigenvalue weighted by Crippen LogP contribution is -2.50. The highest BCUT2D eigenvalue weighted by Gasteiger charge is 2.59. The Morgan fingerprint density at radius 3 is 2.92 bits per heavy atom. The van der Waals surface area contributed by atoms with Crippen LogP contribution in [0, 0.1) is 23.2 Å². The van der Waals surface area contributed by atoms with Crippen LogP contribution in [0.4, 0.5) is 0 Å². The predicted octanol–water partition coefficient (Wildman–Crippen LogP) is 3.21. The first kappa shape index (κ1) is 16.1. The maximum absolute atomic E-state index is 10.7. The zero-order chi connectivity index (χ0) is 17.3. The summed E-state index contributed by atoms with van der Waals surface area (Å²) in [7, 11) is 0. The largest absolute Gasteiger partial charge is 0.508 e. The smallest absolute Gasteiger partial charge is 0.116 e. The molecule has 0 aliphatic heterocycles. The molecule has 0 bridgehead atoms. The van der Waals surface area contributed by atoms with Crippen LogP contribution in [0.1, 0.15) is 67.6 Å². The number of nitrogens with two attached hydrogens (primary N) is 1. The van der Waals surface area contributed by atoms with Gasteiger partial charge in [-0.2, -0.15) is 0 Å². The summed E-state index contributed by atoms with van der Waals surface area (Å²) in [5.74, 6) is 8.55. The van der Waals surface area contributed by atoms with Gasteiger partial charge in [0.05, 0.1) is 12.7 Å². The number of aliphatic hydroxyl groups excluding tert-OH is 1. The van der Waals surface area contributed by atoms with Gasteiger partial charge in [-0.1, -0.05) is 6.92 Å². The Hall–Kier alpha value is -1.10. The molecule has 136 valence electrons.